The molecule has 220 valence electrons. The summed E-state index contributed by atoms with van der Waals surface area (Å²) in [4.78, 5) is 15.9. The van der Waals surface area contributed by atoms with Gasteiger partial charge in [-0.15, -0.1) is 11.8 Å². The summed E-state index contributed by atoms with van der Waals surface area (Å²) >= 11 is 1.48. The van der Waals surface area contributed by atoms with Gasteiger partial charge in [0.1, 0.15) is 24.2 Å². The van der Waals surface area contributed by atoms with E-state index >= 15 is 0 Å². The van der Waals surface area contributed by atoms with Crippen LogP contribution in [0.4, 0.5) is 5.69 Å². The van der Waals surface area contributed by atoms with Crippen LogP contribution in [0.25, 0.3) is 0 Å². The number of anilines is 1. The molecule has 1 heterocycles. The van der Waals surface area contributed by atoms with Crippen molar-refractivity contribution in [3.05, 3.63) is 66.2 Å². The summed E-state index contributed by atoms with van der Waals surface area (Å²) in [7, 11) is -2.64. The van der Waals surface area contributed by atoms with Crippen LogP contribution in [0.5, 0.6) is 23.0 Å². The first kappa shape index (κ1) is 30.5. The number of thioether (sulfide) groups is 1. The number of nitrogens with zero attached hydrogens (tertiary/aromatic N) is 1. The van der Waals surface area contributed by atoms with Crippen LogP contribution >= 0.6 is 11.8 Å². The highest BCUT2D eigenvalue weighted by Gasteiger charge is 2.26. The number of rotatable bonds is 12. The van der Waals surface area contributed by atoms with Gasteiger partial charge in [0.2, 0.25) is 0 Å². The summed E-state index contributed by atoms with van der Waals surface area (Å²) in [6.07, 6.45) is 0.657. The molecule has 13 heteroatoms. The Labute approximate surface area is 243 Å². The van der Waals surface area contributed by atoms with Gasteiger partial charge in [-0.1, -0.05) is 6.07 Å². The van der Waals surface area contributed by atoms with Crippen LogP contribution in [0.3, 0.4) is 0 Å². The van der Waals surface area contributed by atoms with Gasteiger partial charge in [-0.3, -0.25) is 9.52 Å². The highest BCUT2D eigenvalue weighted by atomic mass is 32.2. The molecular weight excluding hydrogens is 572 g/mol. The summed E-state index contributed by atoms with van der Waals surface area (Å²) in [6, 6.07) is 15.8. The largest absolute Gasteiger partial charge is 0.497 e. The first-order chi connectivity index (χ1) is 19.7. The Hall–Kier alpha value is -3.49. The van der Waals surface area contributed by atoms with E-state index in [0.29, 0.717) is 37.8 Å². The lowest BCUT2D eigenvalue weighted by Gasteiger charge is -2.27. The number of sulfonamides is 1. The van der Waals surface area contributed by atoms with Crippen molar-refractivity contribution in [2.45, 2.75) is 15.9 Å². The molecule has 1 unspecified atom stereocenters. The zero-order valence-electron chi connectivity index (χ0n) is 22.6. The maximum absolute atomic E-state index is 13.5. The molecule has 11 nitrogen and oxygen atoms in total. The van der Waals surface area contributed by atoms with E-state index in [1.807, 2.05) is 6.26 Å². The highest BCUT2D eigenvalue weighted by molar-refractivity contribution is 7.98. The van der Waals surface area contributed by atoms with E-state index in [1.54, 1.807) is 41.3 Å². The lowest BCUT2D eigenvalue weighted by molar-refractivity contribution is 0.0302. The van der Waals surface area contributed by atoms with E-state index < -0.39 is 22.7 Å². The van der Waals surface area contributed by atoms with Gasteiger partial charge in [-0.2, -0.15) is 0 Å². The van der Waals surface area contributed by atoms with Crippen LogP contribution < -0.4 is 18.9 Å². The molecule has 3 N–H and O–H groups in total. The molecular formula is C28H32N2O9S2. The van der Waals surface area contributed by atoms with Gasteiger partial charge >= 0.3 is 0 Å². The SMILES string of the molecule is COc1cccc(Oc2c(NS(=O)(=O)c3ccc(SC)cc3)cc(C(=O)N3CCOCC3)cc2OCC(O)CO)c1. The average Bonchev–Trinajstić information content (AvgIpc) is 3.00. The molecule has 1 aliphatic heterocycles. The van der Waals surface area contributed by atoms with Gasteiger partial charge in [0.05, 0.1) is 37.5 Å². The summed E-state index contributed by atoms with van der Waals surface area (Å²) in [5, 5.41) is 19.3. The molecule has 1 amide bonds. The number of ether oxygens (including phenoxy) is 4. The van der Waals surface area contributed by atoms with E-state index in [0.717, 1.165) is 4.90 Å². The maximum Gasteiger partial charge on any atom is 0.262 e. The second-order valence-electron chi connectivity index (χ2n) is 8.97. The molecule has 0 bridgehead atoms. The Morgan fingerprint density at radius 3 is 2.46 bits per heavy atom. The van der Waals surface area contributed by atoms with E-state index in [9.17, 15) is 23.4 Å². The molecule has 0 radical (unpaired) electrons. The molecule has 4 rings (SSSR count). The number of methoxy groups -OCH3 is 1. The van der Waals surface area contributed by atoms with Gasteiger partial charge in [-0.25, -0.2) is 8.42 Å². The number of hydrogen-bond donors (Lipinski definition) is 3. The molecule has 1 atom stereocenters. The van der Waals surface area contributed by atoms with E-state index in [2.05, 4.69) is 4.72 Å². The molecule has 0 spiro atoms. The van der Waals surface area contributed by atoms with Gasteiger partial charge in [0.25, 0.3) is 15.9 Å². The first-order valence-electron chi connectivity index (χ1n) is 12.7. The fourth-order valence-electron chi connectivity index (χ4n) is 3.94. The van der Waals surface area contributed by atoms with Crippen molar-refractivity contribution in [3.8, 4) is 23.0 Å². The fourth-order valence-corrected chi connectivity index (χ4v) is 5.40. The molecule has 1 saturated heterocycles. The number of benzene rings is 3. The van der Waals surface area contributed by atoms with Crippen LogP contribution in [0.1, 0.15) is 10.4 Å². The Morgan fingerprint density at radius 1 is 1.10 bits per heavy atom. The quantitative estimate of drug-likeness (QED) is 0.264. The zero-order valence-corrected chi connectivity index (χ0v) is 24.2. The number of nitrogens with one attached hydrogen (secondary N) is 1. The minimum atomic E-state index is -4.14. The number of carbonyl (C=O) groups is 1. The van der Waals surface area contributed by atoms with Crippen LogP contribution in [0.15, 0.2) is 70.5 Å². The van der Waals surface area contributed by atoms with Crippen molar-refractivity contribution in [3.63, 3.8) is 0 Å². The number of aliphatic hydroxyl groups is 2. The normalized spacial score (nSPS) is 14.3. The predicted molar refractivity (Wildman–Crippen MR) is 154 cm³/mol. The topological polar surface area (TPSA) is 144 Å². The number of amides is 1. The molecule has 0 saturated carbocycles. The smallest absolute Gasteiger partial charge is 0.262 e. The monoisotopic (exact) mass is 604 g/mol. The van der Waals surface area contributed by atoms with Crippen LogP contribution in [0, 0.1) is 0 Å². The van der Waals surface area contributed by atoms with E-state index in [4.69, 9.17) is 18.9 Å². The summed E-state index contributed by atoms with van der Waals surface area (Å²) in [5.41, 5.74) is 0.0724. The summed E-state index contributed by atoms with van der Waals surface area (Å²) in [5.74, 6) is 0.365. The number of hydrogen-bond acceptors (Lipinski definition) is 10. The minimum Gasteiger partial charge on any atom is -0.497 e. The Kier molecular flexibility index (Phi) is 10.3. The lowest BCUT2D eigenvalue weighted by Crippen LogP contribution is -2.40. The number of aliphatic hydroxyl groups excluding tert-OH is 2. The maximum atomic E-state index is 13.5. The van der Waals surface area contributed by atoms with Crippen molar-refractivity contribution < 1.29 is 42.4 Å². The summed E-state index contributed by atoms with van der Waals surface area (Å²) < 4.78 is 52.1. The molecule has 3 aromatic carbocycles. The Morgan fingerprint density at radius 2 is 1.80 bits per heavy atom. The molecule has 1 aliphatic rings. The number of carbonyl (C=O) groups excluding carboxylic acids is 1. The van der Waals surface area contributed by atoms with Gasteiger partial charge in [0, 0.05) is 29.6 Å². The van der Waals surface area contributed by atoms with Crippen LogP contribution in [-0.2, 0) is 14.8 Å². The van der Waals surface area contributed by atoms with Gasteiger partial charge in [-0.05, 0) is 54.8 Å². The molecule has 3 aromatic rings. The number of morpholine rings is 1. The van der Waals surface area contributed by atoms with Crippen molar-refractivity contribution >= 4 is 33.4 Å². The Bertz CT molecular complexity index is 1440. The van der Waals surface area contributed by atoms with Crippen molar-refractivity contribution in [1.29, 1.82) is 0 Å². The van der Waals surface area contributed by atoms with Gasteiger partial charge in [0.15, 0.2) is 11.5 Å². The second kappa shape index (κ2) is 13.9. The van der Waals surface area contributed by atoms with Crippen LogP contribution in [-0.4, -0.2) is 88.4 Å². The van der Waals surface area contributed by atoms with Crippen molar-refractivity contribution in [2.24, 2.45) is 0 Å². The van der Waals surface area contributed by atoms with Crippen molar-refractivity contribution in [1.82, 2.24) is 4.90 Å². The van der Waals surface area contributed by atoms with Crippen LogP contribution in [0.2, 0.25) is 0 Å². The fraction of sp³-hybridized carbons (Fsp3) is 0.321. The minimum absolute atomic E-state index is 0.00529. The highest BCUT2D eigenvalue weighted by Crippen LogP contribution is 2.42. The standard InChI is InChI=1S/C28H32N2O9S2/c1-36-21-4-3-5-22(16-21)39-27-25(29-41(34,35)24-8-6-23(40-2)7-9-24)14-19(15-26(27)38-18-20(32)17-31)28(33)30-10-12-37-13-11-30/h3-9,14-16,20,29,31-32H,10-13,17-18H2,1-2H3. The predicted octanol–water partition coefficient (Wildman–Crippen LogP) is 3.21. The second-order valence-corrected chi connectivity index (χ2v) is 11.5. The first-order valence-corrected chi connectivity index (χ1v) is 15.4. The molecule has 0 aromatic heterocycles. The Balaban J connectivity index is 1.82. The third-order valence-corrected chi connectivity index (χ3v) is 8.24. The lowest BCUT2D eigenvalue weighted by atomic mass is 10.1. The average molecular weight is 605 g/mol. The molecule has 41 heavy (non-hydrogen) atoms. The van der Waals surface area contributed by atoms with Gasteiger partial charge < -0.3 is 34.1 Å². The zero-order chi connectivity index (χ0) is 29.4. The summed E-state index contributed by atoms with van der Waals surface area (Å²) in [6.45, 7) is 0.569. The molecule has 0 aliphatic carbocycles. The third-order valence-electron chi connectivity index (χ3n) is 6.12. The molecule has 1 fully saturated rings. The van der Waals surface area contributed by atoms with E-state index in [1.165, 1.54) is 43.1 Å². The van der Waals surface area contributed by atoms with Crippen molar-refractivity contribution in [2.75, 3.05) is 57.6 Å². The third kappa shape index (κ3) is 7.83. The van der Waals surface area contributed by atoms with E-state index in [-0.39, 0.29) is 40.2 Å².